The third kappa shape index (κ3) is 5.12. The number of hydrogen-bond acceptors (Lipinski definition) is 5. The topological polar surface area (TPSA) is 92.0 Å². The molecule has 2 aromatic carbocycles. The normalized spacial score (nSPS) is 15.5. The van der Waals surface area contributed by atoms with E-state index < -0.39 is 0 Å². The van der Waals surface area contributed by atoms with Crippen LogP contribution in [0.25, 0.3) is 11.3 Å². The molecular weight excluding hydrogens is 414 g/mol. The minimum atomic E-state index is -0.215. The van der Waals surface area contributed by atoms with Crippen LogP contribution in [-0.2, 0) is 11.3 Å². The Morgan fingerprint density at radius 3 is 2.61 bits per heavy atom. The largest absolute Gasteiger partial charge is 0.371 e. The van der Waals surface area contributed by atoms with Crippen molar-refractivity contribution in [3.8, 4) is 17.3 Å². The lowest BCUT2D eigenvalue weighted by atomic mass is 10.1. The van der Waals surface area contributed by atoms with Crippen molar-refractivity contribution in [2.24, 2.45) is 0 Å². The smallest absolute Gasteiger partial charge is 0.273 e. The Morgan fingerprint density at radius 2 is 2.00 bits per heavy atom. The van der Waals surface area contributed by atoms with Crippen molar-refractivity contribution in [2.45, 2.75) is 19.6 Å². The Labute approximate surface area is 187 Å². The number of halogens is 1. The summed E-state index contributed by atoms with van der Waals surface area (Å²) in [6.07, 6.45) is 0.0417. The first kappa shape index (κ1) is 22.5. The zero-order valence-corrected chi connectivity index (χ0v) is 18.0. The van der Waals surface area contributed by atoms with Gasteiger partial charge in [-0.2, -0.15) is 10.4 Å². The first-order chi connectivity index (χ1) is 14.7. The minimum absolute atomic E-state index is 0. The van der Waals surface area contributed by atoms with Crippen molar-refractivity contribution < 1.29 is 9.53 Å². The molecule has 0 saturated carbocycles. The van der Waals surface area contributed by atoms with Crippen LogP contribution in [-0.4, -0.2) is 35.4 Å². The van der Waals surface area contributed by atoms with Gasteiger partial charge in [0.25, 0.3) is 5.91 Å². The van der Waals surface area contributed by atoms with Crippen molar-refractivity contribution in [3.63, 3.8) is 0 Å². The maximum atomic E-state index is 12.9. The molecule has 0 spiro atoms. The zero-order valence-electron chi connectivity index (χ0n) is 17.2. The fourth-order valence-corrected chi connectivity index (χ4v) is 3.45. The third-order valence-corrected chi connectivity index (χ3v) is 5.09. The maximum Gasteiger partial charge on any atom is 0.273 e. The molecular formula is C23H24ClN5O2. The average molecular weight is 438 g/mol. The van der Waals surface area contributed by atoms with Gasteiger partial charge < -0.3 is 15.4 Å². The van der Waals surface area contributed by atoms with Crippen molar-refractivity contribution in [3.05, 3.63) is 71.4 Å². The number of anilines is 1. The van der Waals surface area contributed by atoms with Gasteiger partial charge in [-0.1, -0.05) is 24.3 Å². The highest BCUT2D eigenvalue weighted by Crippen LogP contribution is 2.23. The van der Waals surface area contributed by atoms with Crippen LogP contribution in [0.2, 0.25) is 0 Å². The highest BCUT2D eigenvalue weighted by Gasteiger charge is 2.18. The van der Waals surface area contributed by atoms with Gasteiger partial charge in [0.05, 0.1) is 30.0 Å². The second kappa shape index (κ2) is 10.2. The fraction of sp³-hybridized carbons (Fsp3) is 0.261. The van der Waals surface area contributed by atoms with Gasteiger partial charge in [0.2, 0.25) is 0 Å². The van der Waals surface area contributed by atoms with Gasteiger partial charge in [-0.25, -0.2) is 0 Å². The van der Waals surface area contributed by atoms with Gasteiger partial charge in [0.1, 0.15) is 5.69 Å². The van der Waals surface area contributed by atoms with Crippen LogP contribution >= 0.6 is 12.4 Å². The Hall–Kier alpha value is -3.18. The maximum absolute atomic E-state index is 12.9. The van der Waals surface area contributed by atoms with Crippen LogP contribution in [0.1, 0.15) is 34.6 Å². The van der Waals surface area contributed by atoms with Crippen LogP contribution in [0, 0.1) is 11.3 Å². The molecule has 1 aliphatic heterocycles. The number of hydrogen-bond donors (Lipinski definition) is 2. The number of nitrogens with zero attached hydrogens (tertiary/aromatic N) is 3. The van der Waals surface area contributed by atoms with E-state index in [1.165, 1.54) is 0 Å². The van der Waals surface area contributed by atoms with Crippen LogP contribution in [0.15, 0.2) is 54.6 Å². The number of aromatic nitrogens is 2. The second-order valence-electron chi connectivity index (χ2n) is 7.06. The van der Waals surface area contributed by atoms with Crippen molar-refractivity contribution in [1.82, 2.24) is 15.1 Å². The van der Waals surface area contributed by atoms with Crippen LogP contribution < -0.4 is 10.6 Å². The summed E-state index contributed by atoms with van der Waals surface area (Å²) in [5, 5.41) is 19.8. The molecule has 31 heavy (non-hydrogen) atoms. The van der Waals surface area contributed by atoms with E-state index in [0.29, 0.717) is 30.1 Å². The molecule has 0 aliphatic carbocycles. The van der Waals surface area contributed by atoms with E-state index >= 15 is 0 Å². The first-order valence-corrected chi connectivity index (χ1v) is 10.00. The minimum Gasteiger partial charge on any atom is -0.371 e. The second-order valence-corrected chi connectivity index (χ2v) is 7.06. The lowest BCUT2D eigenvalue weighted by molar-refractivity contribution is 0.0277. The highest BCUT2D eigenvalue weighted by atomic mass is 35.5. The molecule has 0 radical (unpaired) electrons. The van der Waals surface area contributed by atoms with E-state index in [4.69, 9.17) is 10.00 Å². The molecule has 1 fully saturated rings. The summed E-state index contributed by atoms with van der Waals surface area (Å²) in [4.78, 5) is 12.9. The summed E-state index contributed by atoms with van der Waals surface area (Å²) in [7, 11) is 0. The van der Waals surface area contributed by atoms with E-state index in [0.717, 1.165) is 29.9 Å². The standard InChI is InChI=1S/C23H23N5O2.ClH/c1-2-28-21(13-20(27-28)17-5-3-16(14-24)4-6-17)23(29)26-19-9-7-18(8-10-19)22-15-25-11-12-30-22;/h3-10,13,22,25H,2,11-12,15H2,1H3,(H,26,29);1H. The molecule has 7 nitrogen and oxygen atoms in total. The predicted molar refractivity (Wildman–Crippen MR) is 121 cm³/mol. The SMILES string of the molecule is CCn1nc(-c2ccc(C#N)cc2)cc1C(=O)Nc1ccc(C2CNCCO2)cc1.Cl. The summed E-state index contributed by atoms with van der Waals surface area (Å²) in [6, 6.07) is 18.8. The van der Waals surface area contributed by atoms with Gasteiger partial charge in [-0.3, -0.25) is 9.48 Å². The Kier molecular flexibility index (Phi) is 7.42. The fourth-order valence-electron chi connectivity index (χ4n) is 3.45. The molecule has 2 N–H and O–H groups in total. The summed E-state index contributed by atoms with van der Waals surface area (Å²) < 4.78 is 7.44. The van der Waals surface area contributed by atoms with Crippen molar-refractivity contribution in [1.29, 1.82) is 5.26 Å². The molecule has 1 saturated heterocycles. The number of morpholine rings is 1. The molecule has 2 heterocycles. The Balaban J connectivity index is 0.00000272. The summed E-state index contributed by atoms with van der Waals surface area (Å²) in [5.41, 5.74) is 4.44. The number of ether oxygens (including phenoxy) is 1. The highest BCUT2D eigenvalue weighted by molar-refractivity contribution is 6.03. The van der Waals surface area contributed by atoms with Gasteiger partial charge in [-0.05, 0) is 42.8 Å². The molecule has 1 amide bonds. The number of carbonyl (C=O) groups is 1. The summed E-state index contributed by atoms with van der Waals surface area (Å²) >= 11 is 0. The molecule has 1 atom stereocenters. The Morgan fingerprint density at radius 1 is 1.26 bits per heavy atom. The zero-order chi connectivity index (χ0) is 20.9. The van der Waals surface area contributed by atoms with Gasteiger partial charge in [0, 0.05) is 30.9 Å². The van der Waals surface area contributed by atoms with Gasteiger partial charge in [-0.15, -0.1) is 12.4 Å². The van der Waals surface area contributed by atoms with Crippen molar-refractivity contribution >= 4 is 24.0 Å². The van der Waals surface area contributed by atoms with Gasteiger partial charge in [0.15, 0.2) is 0 Å². The molecule has 3 aromatic rings. The van der Waals surface area contributed by atoms with Crippen molar-refractivity contribution in [2.75, 3.05) is 25.0 Å². The lowest BCUT2D eigenvalue weighted by Gasteiger charge is -2.24. The third-order valence-electron chi connectivity index (χ3n) is 5.09. The van der Waals surface area contributed by atoms with E-state index in [-0.39, 0.29) is 24.4 Å². The molecule has 4 rings (SSSR count). The molecule has 0 bridgehead atoms. The number of amides is 1. The molecule has 1 aromatic heterocycles. The molecule has 1 aliphatic rings. The molecule has 8 heteroatoms. The number of aryl methyl sites for hydroxylation is 1. The van der Waals surface area contributed by atoms with E-state index in [1.807, 2.05) is 43.3 Å². The van der Waals surface area contributed by atoms with E-state index in [9.17, 15) is 4.79 Å². The number of benzene rings is 2. The quantitative estimate of drug-likeness (QED) is 0.633. The molecule has 160 valence electrons. The van der Waals surface area contributed by atoms with Gasteiger partial charge >= 0.3 is 0 Å². The van der Waals surface area contributed by atoms with Crippen LogP contribution in [0.4, 0.5) is 5.69 Å². The van der Waals surface area contributed by atoms with Crippen LogP contribution in [0.5, 0.6) is 0 Å². The Bertz CT molecular complexity index is 1060. The summed E-state index contributed by atoms with van der Waals surface area (Å²) in [6.45, 7) is 4.88. The lowest BCUT2D eigenvalue weighted by Crippen LogP contribution is -2.33. The monoisotopic (exact) mass is 437 g/mol. The van der Waals surface area contributed by atoms with E-state index in [1.54, 1.807) is 22.9 Å². The van der Waals surface area contributed by atoms with Crippen LogP contribution in [0.3, 0.4) is 0 Å². The number of rotatable bonds is 5. The predicted octanol–water partition coefficient (Wildman–Crippen LogP) is 3.78. The summed E-state index contributed by atoms with van der Waals surface area (Å²) in [5.74, 6) is -0.215. The number of nitrogens with one attached hydrogen (secondary N) is 2. The molecule has 1 unspecified atom stereocenters. The van der Waals surface area contributed by atoms with E-state index in [2.05, 4.69) is 21.8 Å². The average Bonchev–Trinajstić information content (AvgIpc) is 3.25. The number of nitriles is 1. The number of carbonyl (C=O) groups excluding carboxylic acids is 1. The first-order valence-electron chi connectivity index (χ1n) is 10.00.